The standard InChI is InChI=1S/C16H14F2N2O3/c1-3-22-16(21)13-8(2)23-15(20)11(7-19)14(13)10-5-4-9(17)6-12(10)18/h4-6,14H,3,20H2,1-2H3/t14-/m1/s1. The first-order chi connectivity index (χ1) is 10.9. The fraction of sp³-hybridized carbons (Fsp3) is 0.250. The number of benzene rings is 1. The highest BCUT2D eigenvalue weighted by molar-refractivity contribution is 5.92. The first-order valence-electron chi connectivity index (χ1n) is 6.81. The van der Waals surface area contributed by atoms with Crippen LogP contribution in [0.4, 0.5) is 8.78 Å². The highest BCUT2D eigenvalue weighted by Crippen LogP contribution is 2.40. The van der Waals surface area contributed by atoms with Crippen LogP contribution in [-0.4, -0.2) is 12.6 Å². The zero-order valence-corrected chi connectivity index (χ0v) is 12.5. The summed E-state index contributed by atoms with van der Waals surface area (Å²) in [5.41, 5.74) is 5.44. The van der Waals surface area contributed by atoms with Crippen molar-refractivity contribution in [1.82, 2.24) is 0 Å². The first-order valence-corrected chi connectivity index (χ1v) is 6.81. The Labute approximate surface area is 131 Å². The second-order valence-corrected chi connectivity index (χ2v) is 4.78. The molecule has 120 valence electrons. The van der Waals surface area contributed by atoms with Crippen LogP contribution < -0.4 is 5.73 Å². The van der Waals surface area contributed by atoms with Crippen LogP contribution in [0, 0.1) is 23.0 Å². The van der Waals surface area contributed by atoms with E-state index in [1.54, 1.807) is 6.92 Å². The van der Waals surface area contributed by atoms with Gasteiger partial charge in [-0.15, -0.1) is 0 Å². The number of allylic oxidation sites excluding steroid dienone is 2. The predicted molar refractivity (Wildman–Crippen MR) is 76.3 cm³/mol. The smallest absolute Gasteiger partial charge is 0.338 e. The van der Waals surface area contributed by atoms with E-state index in [4.69, 9.17) is 15.2 Å². The van der Waals surface area contributed by atoms with Gasteiger partial charge in [-0.25, -0.2) is 13.6 Å². The molecule has 0 aliphatic carbocycles. The van der Waals surface area contributed by atoms with Crippen LogP contribution in [0.3, 0.4) is 0 Å². The first kappa shape index (κ1) is 16.5. The van der Waals surface area contributed by atoms with Crippen molar-refractivity contribution in [2.45, 2.75) is 19.8 Å². The van der Waals surface area contributed by atoms with E-state index >= 15 is 0 Å². The molecular weight excluding hydrogens is 306 g/mol. The van der Waals surface area contributed by atoms with Crippen molar-refractivity contribution >= 4 is 5.97 Å². The van der Waals surface area contributed by atoms with Gasteiger partial charge in [0.1, 0.15) is 29.0 Å². The SMILES string of the molecule is CCOC(=O)C1=C(C)OC(N)=C(C#N)[C@H]1c1ccc(F)cc1F. The van der Waals surface area contributed by atoms with Crippen LogP contribution in [0.1, 0.15) is 25.3 Å². The molecule has 0 fully saturated rings. The fourth-order valence-electron chi connectivity index (χ4n) is 2.40. The van der Waals surface area contributed by atoms with Crippen LogP contribution >= 0.6 is 0 Å². The second-order valence-electron chi connectivity index (χ2n) is 4.78. The summed E-state index contributed by atoms with van der Waals surface area (Å²) in [6, 6.07) is 4.70. The maximum Gasteiger partial charge on any atom is 0.338 e. The molecule has 0 spiro atoms. The molecule has 1 aliphatic rings. The van der Waals surface area contributed by atoms with Gasteiger partial charge in [0.15, 0.2) is 0 Å². The van der Waals surface area contributed by atoms with E-state index in [1.807, 2.05) is 6.07 Å². The molecule has 0 aromatic heterocycles. The van der Waals surface area contributed by atoms with Crippen molar-refractivity contribution in [3.8, 4) is 6.07 Å². The van der Waals surface area contributed by atoms with Gasteiger partial charge in [-0.05, 0) is 19.9 Å². The highest BCUT2D eigenvalue weighted by Gasteiger charge is 2.37. The zero-order valence-electron chi connectivity index (χ0n) is 12.5. The molecule has 23 heavy (non-hydrogen) atoms. The predicted octanol–water partition coefficient (Wildman–Crippen LogP) is 2.61. The molecule has 5 nitrogen and oxygen atoms in total. The van der Waals surface area contributed by atoms with Gasteiger partial charge in [-0.1, -0.05) is 6.07 Å². The van der Waals surface area contributed by atoms with E-state index in [0.29, 0.717) is 6.07 Å². The van der Waals surface area contributed by atoms with Gasteiger partial charge in [-0.2, -0.15) is 5.26 Å². The molecule has 0 saturated carbocycles. The number of nitrogens with two attached hydrogens (primary N) is 1. The average Bonchev–Trinajstić information content (AvgIpc) is 2.46. The molecule has 1 aliphatic heterocycles. The summed E-state index contributed by atoms with van der Waals surface area (Å²) in [6.07, 6.45) is 0. The summed E-state index contributed by atoms with van der Waals surface area (Å²) in [7, 11) is 0. The van der Waals surface area contributed by atoms with Crippen LogP contribution in [0.15, 0.2) is 41.0 Å². The maximum atomic E-state index is 14.2. The molecule has 1 heterocycles. The summed E-state index contributed by atoms with van der Waals surface area (Å²) >= 11 is 0. The van der Waals surface area contributed by atoms with E-state index < -0.39 is 23.5 Å². The van der Waals surface area contributed by atoms with Crippen LogP contribution in [-0.2, 0) is 14.3 Å². The normalized spacial score (nSPS) is 17.6. The highest BCUT2D eigenvalue weighted by atomic mass is 19.1. The largest absolute Gasteiger partial charge is 0.463 e. The van der Waals surface area contributed by atoms with Gasteiger partial charge in [0.05, 0.1) is 18.1 Å². The minimum absolute atomic E-state index is 0.0388. The summed E-state index contributed by atoms with van der Waals surface area (Å²) in [5.74, 6) is -3.66. The lowest BCUT2D eigenvalue weighted by Crippen LogP contribution is -2.26. The monoisotopic (exact) mass is 320 g/mol. The lowest BCUT2D eigenvalue weighted by molar-refractivity contribution is -0.139. The van der Waals surface area contributed by atoms with E-state index in [1.165, 1.54) is 6.92 Å². The Morgan fingerprint density at radius 3 is 2.74 bits per heavy atom. The number of carbonyl (C=O) groups excluding carboxylic acids is 1. The summed E-state index contributed by atoms with van der Waals surface area (Å²) < 4.78 is 37.5. The number of halogens is 2. The van der Waals surface area contributed by atoms with Gasteiger partial charge in [0.25, 0.3) is 0 Å². The average molecular weight is 320 g/mol. The van der Waals surface area contributed by atoms with Gasteiger partial charge in [0, 0.05) is 11.6 Å². The van der Waals surface area contributed by atoms with Gasteiger partial charge in [0.2, 0.25) is 5.88 Å². The number of nitrogens with zero attached hydrogens (tertiary/aromatic N) is 1. The topological polar surface area (TPSA) is 85.3 Å². The van der Waals surface area contributed by atoms with Crippen LogP contribution in [0.2, 0.25) is 0 Å². The number of nitriles is 1. The van der Waals surface area contributed by atoms with Gasteiger partial charge >= 0.3 is 5.97 Å². The van der Waals surface area contributed by atoms with Crippen molar-refractivity contribution < 1.29 is 23.0 Å². The maximum absolute atomic E-state index is 14.2. The number of hydrogen-bond donors (Lipinski definition) is 1. The molecule has 2 rings (SSSR count). The molecule has 1 atom stereocenters. The van der Waals surface area contributed by atoms with E-state index in [0.717, 1.165) is 12.1 Å². The Kier molecular flexibility index (Phi) is 4.65. The third kappa shape index (κ3) is 3.01. The molecule has 2 N–H and O–H groups in total. The molecular formula is C16H14F2N2O3. The van der Waals surface area contributed by atoms with Gasteiger partial charge in [-0.3, -0.25) is 0 Å². The Morgan fingerprint density at radius 1 is 1.48 bits per heavy atom. The van der Waals surface area contributed by atoms with Crippen molar-refractivity contribution in [3.05, 3.63) is 58.2 Å². The van der Waals surface area contributed by atoms with Crippen LogP contribution in [0.5, 0.6) is 0 Å². The number of carbonyl (C=O) groups is 1. The zero-order chi connectivity index (χ0) is 17.1. The summed E-state index contributed by atoms with van der Waals surface area (Å²) in [5, 5.41) is 9.32. The lowest BCUT2D eigenvalue weighted by Gasteiger charge is -2.27. The third-order valence-electron chi connectivity index (χ3n) is 3.37. The number of rotatable bonds is 3. The molecule has 0 radical (unpaired) electrons. The molecule has 0 unspecified atom stereocenters. The molecule has 1 aromatic carbocycles. The lowest BCUT2D eigenvalue weighted by atomic mass is 9.83. The Morgan fingerprint density at radius 2 is 2.17 bits per heavy atom. The van der Waals surface area contributed by atoms with E-state index in [2.05, 4.69) is 0 Å². The molecule has 1 aromatic rings. The number of esters is 1. The van der Waals surface area contributed by atoms with E-state index in [9.17, 15) is 18.8 Å². The van der Waals surface area contributed by atoms with Crippen molar-refractivity contribution in [2.24, 2.45) is 5.73 Å². The third-order valence-corrected chi connectivity index (χ3v) is 3.37. The Bertz CT molecular complexity index is 763. The molecule has 0 saturated heterocycles. The number of hydrogen-bond acceptors (Lipinski definition) is 5. The molecule has 0 amide bonds. The van der Waals surface area contributed by atoms with Crippen molar-refractivity contribution in [1.29, 1.82) is 5.26 Å². The van der Waals surface area contributed by atoms with Gasteiger partial charge < -0.3 is 15.2 Å². The van der Waals surface area contributed by atoms with Crippen molar-refractivity contribution in [2.75, 3.05) is 6.61 Å². The second kappa shape index (κ2) is 6.48. The Hall–Kier alpha value is -2.88. The fourth-order valence-corrected chi connectivity index (χ4v) is 2.40. The number of ether oxygens (including phenoxy) is 2. The minimum atomic E-state index is -1.12. The van der Waals surface area contributed by atoms with E-state index in [-0.39, 0.29) is 35.0 Å². The quantitative estimate of drug-likeness (QED) is 0.865. The molecule has 7 heteroatoms. The summed E-state index contributed by atoms with van der Waals surface area (Å²) in [4.78, 5) is 12.2. The van der Waals surface area contributed by atoms with Crippen molar-refractivity contribution in [3.63, 3.8) is 0 Å². The Balaban J connectivity index is 2.66. The minimum Gasteiger partial charge on any atom is -0.463 e. The molecule has 0 bridgehead atoms. The summed E-state index contributed by atoms with van der Waals surface area (Å²) in [6.45, 7) is 3.16. The van der Waals surface area contributed by atoms with Crippen LogP contribution in [0.25, 0.3) is 0 Å².